The second kappa shape index (κ2) is 5.03. The van der Waals surface area contributed by atoms with Crippen LogP contribution in [0.3, 0.4) is 0 Å². The molecule has 1 unspecified atom stereocenters. The van der Waals surface area contributed by atoms with E-state index in [2.05, 4.69) is 11.7 Å². The van der Waals surface area contributed by atoms with Crippen molar-refractivity contribution in [2.24, 2.45) is 0 Å². The van der Waals surface area contributed by atoms with Crippen LogP contribution in [-0.4, -0.2) is 36.1 Å². The molecule has 0 aliphatic rings. The molecule has 2 N–H and O–H groups in total. The second-order valence-electron chi connectivity index (χ2n) is 1.41. The highest BCUT2D eigenvalue weighted by atomic mass is 16.5. The molecule has 0 heterocycles. The van der Waals surface area contributed by atoms with Crippen molar-refractivity contribution >= 4 is 0 Å². The van der Waals surface area contributed by atoms with Crippen LogP contribution in [0.15, 0.2) is 0 Å². The fraction of sp³-hybridized carbons (Fsp3) is 0.800. The van der Waals surface area contributed by atoms with E-state index in [1.165, 1.54) is 0 Å². The lowest BCUT2D eigenvalue weighted by Crippen LogP contribution is -2.19. The number of hydrogen-bond acceptors (Lipinski definition) is 3. The SMILES string of the molecule is [CH2]COCC(O)CO. The summed E-state index contributed by atoms with van der Waals surface area (Å²) in [6.45, 7) is 3.62. The topological polar surface area (TPSA) is 49.7 Å². The van der Waals surface area contributed by atoms with E-state index in [4.69, 9.17) is 10.2 Å². The largest absolute Gasteiger partial charge is 0.394 e. The van der Waals surface area contributed by atoms with Crippen LogP contribution in [-0.2, 0) is 4.74 Å². The van der Waals surface area contributed by atoms with E-state index in [9.17, 15) is 0 Å². The Kier molecular flexibility index (Phi) is 4.95. The molecule has 0 saturated heterocycles. The van der Waals surface area contributed by atoms with E-state index >= 15 is 0 Å². The fourth-order valence-electron chi connectivity index (χ4n) is 0.272. The minimum absolute atomic E-state index is 0.167. The number of rotatable bonds is 4. The van der Waals surface area contributed by atoms with Gasteiger partial charge in [0.05, 0.1) is 13.2 Å². The maximum atomic E-state index is 8.59. The molecule has 0 spiro atoms. The summed E-state index contributed by atoms with van der Waals surface area (Å²) in [5.41, 5.74) is 0. The van der Waals surface area contributed by atoms with E-state index in [-0.39, 0.29) is 13.2 Å². The Labute approximate surface area is 48.9 Å². The summed E-state index contributed by atoms with van der Waals surface area (Å²) >= 11 is 0. The van der Waals surface area contributed by atoms with Gasteiger partial charge in [-0.15, -0.1) is 0 Å². The van der Waals surface area contributed by atoms with Crippen molar-refractivity contribution in [1.29, 1.82) is 0 Å². The zero-order valence-electron chi connectivity index (χ0n) is 4.71. The van der Waals surface area contributed by atoms with Crippen molar-refractivity contribution in [3.63, 3.8) is 0 Å². The van der Waals surface area contributed by atoms with Crippen molar-refractivity contribution in [2.75, 3.05) is 19.8 Å². The molecular formula is C5H11O3. The Balaban J connectivity index is 2.86. The Hall–Kier alpha value is -0.120. The quantitative estimate of drug-likeness (QED) is 0.509. The highest BCUT2D eigenvalue weighted by Gasteiger charge is 1.98. The standard InChI is InChI=1S/C5H11O3/c1-2-8-4-5(7)3-6/h5-7H,1-4H2. The van der Waals surface area contributed by atoms with Gasteiger partial charge in [0, 0.05) is 6.61 Å². The van der Waals surface area contributed by atoms with Crippen molar-refractivity contribution in [1.82, 2.24) is 0 Å². The van der Waals surface area contributed by atoms with Crippen molar-refractivity contribution < 1.29 is 14.9 Å². The fourth-order valence-corrected chi connectivity index (χ4v) is 0.272. The van der Waals surface area contributed by atoms with E-state index in [1.54, 1.807) is 0 Å². The summed E-state index contributed by atoms with van der Waals surface area (Å²) in [6, 6.07) is 0. The first-order valence-corrected chi connectivity index (χ1v) is 2.47. The lowest BCUT2D eigenvalue weighted by Gasteiger charge is -2.04. The molecule has 1 radical (unpaired) electrons. The molecule has 0 aromatic heterocycles. The van der Waals surface area contributed by atoms with Crippen LogP contribution in [0.4, 0.5) is 0 Å². The van der Waals surface area contributed by atoms with Crippen LogP contribution < -0.4 is 0 Å². The molecule has 0 aliphatic heterocycles. The average Bonchev–Trinajstić information content (AvgIpc) is 1.83. The highest BCUT2D eigenvalue weighted by molar-refractivity contribution is 4.48. The molecule has 49 valence electrons. The van der Waals surface area contributed by atoms with Crippen LogP contribution in [0.1, 0.15) is 0 Å². The van der Waals surface area contributed by atoms with Gasteiger partial charge in [-0.3, -0.25) is 0 Å². The van der Waals surface area contributed by atoms with Gasteiger partial charge in [-0.05, 0) is 6.92 Å². The Morgan fingerprint density at radius 1 is 1.62 bits per heavy atom. The molecule has 8 heavy (non-hydrogen) atoms. The van der Waals surface area contributed by atoms with Gasteiger partial charge < -0.3 is 14.9 Å². The first-order chi connectivity index (χ1) is 3.81. The zero-order valence-corrected chi connectivity index (χ0v) is 4.71. The van der Waals surface area contributed by atoms with E-state index < -0.39 is 6.10 Å². The minimum atomic E-state index is -0.753. The lowest BCUT2D eigenvalue weighted by molar-refractivity contribution is 0.0145. The maximum Gasteiger partial charge on any atom is 0.100 e. The van der Waals surface area contributed by atoms with Crippen molar-refractivity contribution in [3.8, 4) is 0 Å². The van der Waals surface area contributed by atoms with Crippen LogP contribution >= 0.6 is 0 Å². The van der Waals surface area contributed by atoms with Gasteiger partial charge in [-0.1, -0.05) is 0 Å². The minimum Gasteiger partial charge on any atom is -0.394 e. The van der Waals surface area contributed by atoms with Crippen molar-refractivity contribution in [2.45, 2.75) is 6.10 Å². The molecule has 0 fully saturated rings. The van der Waals surface area contributed by atoms with E-state index in [0.29, 0.717) is 6.61 Å². The third-order valence-corrected chi connectivity index (χ3v) is 0.665. The Bertz CT molecular complexity index is 46.9. The molecule has 0 aromatic rings. The third-order valence-electron chi connectivity index (χ3n) is 0.665. The summed E-state index contributed by atoms with van der Waals surface area (Å²) in [4.78, 5) is 0. The van der Waals surface area contributed by atoms with E-state index in [1.807, 2.05) is 0 Å². The van der Waals surface area contributed by atoms with Crippen LogP contribution in [0.5, 0.6) is 0 Å². The predicted octanol–water partition coefficient (Wildman–Crippen LogP) is -0.810. The third kappa shape index (κ3) is 4.05. The number of aliphatic hydroxyl groups is 2. The molecular weight excluding hydrogens is 108 g/mol. The summed E-state index contributed by atoms with van der Waals surface area (Å²) in [6.07, 6.45) is -0.753. The molecule has 1 atom stereocenters. The van der Waals surface area contributed by atoms with Gasteiger partial charge in [0.15, 0.2) is 0 Å². The molecule has 0 rings (SSSR count). The maximum absolute atomic E-state index is 8.59. The predicted molar refractivity (Wildman–Crippen MR) is 29.3 cm³/mol. The Morgan fingerprint density at radius 2 is 2.25 bits per heavy atom. The summed E-state index contributed by atoms with van der Waals surface area (Å²) in [7, 11) is 0. The van der Waals surface area contributed by atoms with E-state index in [0.717, 1.165) is 0 Å². The number of aliphatic hydroxyl groups excluding tert-OH is 2. The smallest absolute Gasteiger partial charge is 0.100 e. The average molecular weight is 119 g/mol. The van der Waals surface area contributed by atoms with Crippen LogP contribution in [0.2, 0.25) is 0 Å². The van der Waals surface area contributed by atoms with Crippen LogP contribution in [0, 0.1) is 6.92 Å². The van der Waals surface area contributed by atoms with Gasteiger partial charge in [-0.2, -0.15) is 0 Å². The monoisotopic (exact) mass is 119 g/mol. The first-order valence-electron chi connectivity index (χ1n) is 2.47. The van der Waals surface area contributed by atoms with Crippen LogP contribution in [0.25, 0.3) is 0 Å². The summed E-state index contributed by atoms with van der Waals surface area (Å²) < 4.78 is 4.67. The molecule has 0 amide bonds. The summed E-state index contributed by atoms with van der Waals surface area (Å²) in [5, 5.41) is 16.8. The molecule has 0 bridgehead atoms. The lowest BCUT2D eigenvalue weighted by atomic mass is 10.4. The van der Waals surface area contributed by atoms with Gasteiger partial charge in [0.25, 0.3) is 0 Å². The van der Waals surface area contributed by atoms with Gasteiger partial charge in [0.1, 0.15) is 6.10 Å². The van der Waals surface area contributed by atoms with Crippen molar-refractivity contribution in [3.05, 3.63) is 6.92 Å². The first kappa shape index (κ1) is 7.88. The second-order valence-corrected chi connectivity index (χ2v) is 1.41. The molecule has 3 nitrogen and oxygen atoms in total. The molecule has 0 saturated carbocycles. The molecule has 0 aromatic carbocycles. The summed E-state index contributed by atoms with van der Waals surface area (Å²) in [5.74, 6) is 0. The molecule has 0 aliphatic carbocycles. The van der Waals surface area contributed by atoms with Gasteiger partial charge in [0.2, 0.25) is 0 Å². The number of hydrogen-bond donors (Lipinski definition) is 2. The van der Waals surface area contributed by atoms with Gasteiger partial charge in [-0.25, -0.2) is 0 Å². The zero-order chi connectivity index (χ0) is 6.41. The number of ether oxygens (including phenoxy) is 1. The molecule has 3 heteroatoms. The Morgan fingerprint density at radius 3 is 2.62 bits per heavy atom. The highest BCUT2D eigenvalue weighted by Crippen LogP contribution is 1.80. The normalized spacial score (nSPS) is 13.9. The van der Waals surface area contributed by atoms with Gasteiger partial charge >= 0.3 is 0 Å².